The van der Waals surface area contributed by atoms with E-state index in [1.165, 1.54) is 12.3 Å². The van der Waals surface area contributed by atoms with Gasteiger partial charge < -0.3 is 16.4 Å². The third kappa shape index (κ3) is 5.13. The van der Waals surface area contributed by atoms with Crippen LogP contribution in [0.2, 0.25) is 5.02 Å². The van der Waals surface area contributed by atoms with Crippen LogP contribution in [0.4, 0.5) is 5.82 Å². The minimum Gasteiger partial charge on any atom is -0.382 e. The Kier molecular flexibility index (Phi) is 5.57. The lowest BCUT2D eigenvalue weighted by Crippen LogP contribution is -2.38. The van der Waals surface area contributed by atoms with Gasteiger partial charge in [0.15, 0.2) is 0 Å². The summed E-state index contributed by atoms with van der Waals surface area (Å²) in [7, 11) is 0. The minimum absolute atomic E-state index is 0.0897. The molecule has 0 atom stereocenters. The number of hydrogen-bond donors (Lipinski definition) is 3. The second-order valence-electron chi connectivity index (χ2n) is 4.47. The Morgan fingerprint density at radius 1 is 1.42 bits per heavy atom. The molecule has 0 aliphatic rings. The number of nitrogen functional groups attached to an aromatic ring is 1. The molecule has 0 bridgehead atoms. The molecule has 104 valence electrons. The molecule has 0 fully saturated rings. The van der Waals surface area contributed by atoms with E-state index in [0.29, 0.717) is 12.5 Å². The zero-order valence-corrected chi connectivity index (χ0v) is 11.6. The van der Waals surface area contributed by atoms with Crippen LogP contribution in [0.3, 0.4) is 0 Å². The van der Waals surface area contributed by atoms with Gasteiger partial charge in [0.1, 0.15) is 5.82 Å². The summed E-state index contributed by atoms with van der Waals surface area (Å²) < 4.78 is 0. The van der Waals surface area contributed by atoms with E-state index in [4.69, 9.17) is 17.3 Å². The zero-order chi connectivity index (χ0) is 14.4. The second kappa shape index (κ2) is 6.94. The summed E-state index contributed by atoms with van der Waals surface area (Å²) >= 11 is 5.76. The number of halogens is 1. The Morgan fingerprint density at radius 2 is 2.11 bits per heavy atom. The lowest BCUT2D eigenvalue weighted by Gasteiger charge is -2.09. The summed E-state index contributed by atoms with van der Waals surface area (Å²) in [6.45, 7) is 4.46. The first-order valence-corrected chi connectivity index (χ1v) is 6.24. The van der Waals surface area contributed by atoms with Crippen LogP contribution in [-0.2, 0) is 4.79 Å². The Morgan fingerprint density at radius 3 is 2.68 bits per heavy atom. The fourth-order valence-corrected chi connectivity index (χ4v) is 1.38. The monoisotopic (exact) mass is 284 g/mol. The van der Waals surface area contributed by atoms with Crippen molar-refractivity contribution in [2.75, 3.05) is 18.8 Å². The van der Waals surface area contributed by atoms with Gasteiger partial charge in [-0.3, -0.25) is 9.59 Å². The van der Waals surface area contributed by atoms with Crippen LogP contribution in [0.5, 0.6) is 0 Å². The number of pyridine rings is 1. The smallest absolute Gasteiger partial charge is 0.253 e. The molecule has 0 radical (unpaired) electrons. The van der Waals surface area contributed by atoms with Crippen LogP contribution in [0.15, 0.2) is 12.3 Å². The van der Waals surface area contributed by atoms with Crippen molar-refractivity contribution in [3.05, 3.63) is 22.8 Å². The third-order valence-corrected chi connectivity index (χ3v) is 2.55. The summed E-state index contributed by atoms with van der Waals surface area (Å²) in [4.78, 5) is 26.9. The molecule has 4 N–H and O–H groups in total. The number of aromatic nitrogens is 1. The van der Waals surface area contributed by atoms with Crippen LogP contribution in [0, 0.1) is 5.92 Å². The molecule has 0 saturated carbocycles. The van der Waals surface area contributed by atoms with Crippen molar-refractivity contribution < 1.29 is 9.59 Å². The van der Waals surface area contributed by atoms with Crippen LogP contribution in [0.25, 0.3) is 0 Å². The van der Waals surface area contributed by atoms with Crippen molar-refractivity contribution in [1.29, 1.82) is 0 Å². The average Bonchev–Trinajstić information content (AvgIpc) is 2.36. The lowest BCUT2D eigenvalue weighted by molar-refractivity contribution is -0.120. The van der Waals surface area contributed by atoms with Gasteiger partial charge >= 0.3 is 0 Å². The molecule has 7 heteroatoms. The highest BCUT2D eigenvalue weighted by molar-refractivity contribution is 6.33. The van der Waals surface area contributed by atoms with Gasteiger partial charge in [-0.25, -0.2) is 4.98 Å². The molecule has 0 aliphatic heterocycles. The number of nitrogens with two attached hydrogens (primary N) is 1. The van der Waals surface area contributed by atoms with Gasteiger partial charge in [-0.15, -0.1) is 0 Å². The van der Waals surface area contributed by atoms with E-state index in [0.717, 1.165) is 0 Å². The van der Waals surface area contributed by atoms with Gasteiger partial charge in [0, 0.05) is 12.7 Å². The number of carbonyl (C=O) groups is 2. The molecule has 1 aromatic rings. The zero-order valence-electron chi connectivity index (χ0n) is 10.9. The maximum Gasteiger partial charge on any atom is 0.253 e. The van der Waals surface area contributed by atoms with Crippen LogP contribution in [0.1, 0.15) is 24.2 Å². The summed E-state index contributed by atoms with van der Waals surface area (Å²) in [5, 5.41) is 5.38. The van der Waals surface area contributed by atoms with Crippen molar-refractivity contribution in [3.8, 4) is 0 Å². The number of rotatable bonds is 5. The largest absolute Gasteiger partial charge is 0.382 e. The van der Waals surface area contributed by atoms with E-state index in [-0.39, 0.29) is 28.9 Å². The average molecular weight is 285 g/mol. The van der Waals surface area contributed by atoms with E-state index in [1.54, 1.807) is 0 Å². The first kappa shape index (κ1) is 15.2. The molecule has 19 heavy (non-hydrogen) atoms. The Labute approximate surface area is 116 Å². The molecule has 0 aromatic carbocycles. The first-order chi connectivity index (χ1) is 8.90. The molecule has 1 aromatic heterocycles. The first-order valence-electron chi connectivity index (χ1n) is 5.86. The van der Waals surface area contributed by atoms with E-state index in [2.05, 4.69) is 15.6 Å². The van der Waals surface area contributed by atoms with Crippen molar-refractivity contribution >= 4 is 29.2 Å². The lowest BCUT2D eigenvalue weighted by atomic mass is 10.2. The number of amides is 2. The second-order valence-corrected chi connectivity index (χ2v) is 4.88. The molecule has 1 rings (SSSR count). The fraction of sp³-hybridized carbons (Fsp3) is 0.417. The maximum absolute atomic E-state index is 11.7. The van der Waals surface area contributed by atoms with E-state index >= 15 is 0 Å². The molecule has 2 amide bonds. The predicted octanol–water partition coefficient (Wildman–Crippen LogP) is 0.819. The highest BCUT2D eigenvalue weighted by atomic mass is 35.5. The Balaban J connectivity index is 2.47. The predicted molar refractivity (Wildman–Crippen MR) is 73.8 cm³/mol. The molecule has 0 aliphatic carbocycles. The Hall–Kier alpha value is -1.82. The molecule has 0 spiro atoms. The molecular weight excluding hydrogens is 268 g/mol. The van der Waals surface area contributed by atoms with Gasteiger partial charge in [-0.2, -0.15) is 0 Å². The van der Waals surface area contributed by atoms with Crippen molar-refractivity contribution in [2.24, 2.45) is 5.92 Å². The number of nitrogens with zero attached hydrogens (tertiary/aromatic N) is 1. The highest BCUT2D eigenvalue weighted by Gasteiger charge is 2.10. The summed E-state index contributed by atoms with van der Waals surface area (Å²) in [6, 6.07) is 1.41. The number of nitrogens with one attached hydrogen (secondary N) is 2. The number of anilines is 1. The molecule has 1 heterocycles. The van der Waals surface area contributed by atoms with Gasteiger partial charge in [-0.1, -0.05) is 25.4 Å². The van der Waals surface area contributed by atoms with Gasteiger partial charge in [-0.05, 0) is 12.0 Å². The quantitative estimate of drug-likeness (QED) is 0.746. The number of carbonyl (C=O) groups excluding carboxylic acids is 2. The highest BCUT2D eigenvalue weighted by Crippen LogP contribution is 2.16. The molecule has 6 nitrogen and oxygen atoms in total. The van der Waals surface area contributed by atoms with Gasteiger partial charge in [0.2, 0.25) is 5.91 Å². The van der Waals surface area contributed by atoms with E-state index < -0.39 is 5.91 Å². The standard InChI is InChI=1S/C12H17ClN4O2/c1-7(2)4-15-10(18)6-17-12(19)8-3-9(13)11(14)16-5-8/h3,5,7H,4,6H2,1-2H3,(H2,14,16)(H,15,18)(H,17,19). The fourth-order valence-electron chi connectivity index (χ4n) is 1.22. The summed E-state index contributed by atoms with van der Waals surface area (Å²) in [5.74, 6) is -0.140. The molecular formula is C12H17ClN4O2. The van der Waals surface area contributed by atoms with Crippen LogP contribution in [-0.4, -0.2) is 29.9 Å². The molecule has 0 saturated heterocycles. The van der Waals surface area contributed by atoms with Crippen LogP contribution >= 0.6 is 11.6 Å². The minimum atomic E-state index is -0.422. The maximum atomic E-state index is 11.7. The van der Waals surface area contributed by atoms with Gasteiger partial charge in [0.05, 0.1) is 17.1 Å². The van der Waals surface area contributed by atoms with Crippen LogP contribution < -0.4 is 16.4 Å². The van der Waals surface area contributed by atoms with Crippen molar-refractivity contribution in [1.82, 2.24) is 15.6 Å². The topological polar surface area (TPSA) is 97.1 Å². The summed E-state index contributed by atoms with van der Waals surface area (Å²) in [5.41, 5.74) is 5.70. The summed E-state index contributed by atoms with van der Waals surface area (Å²) in [6.07, 6.45) is 1.31. The normalized spacial score (nSPS) is 10.3. The van der Waals surface area contributed by atoms with E-state index in [1.807, 2.05) is 13.8 Å². The molecule has 0 unspecified atom stereocenters. The number of hydrogen-bond acceptors (Lipinski definition) is 4. The van der Waals surface area contributed by atoms with Crippen molar-refractivity contribution in [3.63, 3.8) is 0 Å². The van der Waals surface area contributed by atoms with E-state index in [9.17, 15) is 9.59 Å². The Bertz CT molecular complexity index is 477. The van der Waals surface area contributed by atoms with Gasteiger partial charge in [0.25, 0.3) is 5.91 Å². The third-order valence-electron chi connectivity index (χ3n) is 2.25. The van der Waals surface area contributed by atoms with Crippen molar-refractivity contribution in [2.45, 2.75) is 13.8 Å². The SMILES string of the molecule is CC(C)CNC(=O)CNC(=O)c1cnc(N)c(Cl)c1.